The van der Waals surface area contributed by atoms with E-state index in [1.54, 1.807) is 11.4 Å². The first-order chi connectivity index (χ1) is 7.95. The van der Waals surface area contributed by atoms with Gasteiger partial charge in [-0.15, -0.1) is 0 Å². The van der Waals surface area contributed by atoms with E-state index in [1.165, 1.54) is 10.7 Å². The largest absolute Gasteiger partial charge is 0.281 e. The van der Waals surface area contributed by atoms with Gasteiger partial charge in [0.2, 0.25) is 0 Å². The molecule has 17 heavy (non-hydrogen) atoms. The maximum atomic E-state index is 12.4. The smallest absolute Gasteiger partial charge is 0.195 e. The van der Waals surface area contributed by atoms with Crippen molar-refractivity contribution in [1.29, 1.82) is 0 Å². The quantitative estimate of drug-likeness (QED) is 0.727. The highest BCUT2D eigenvalue weighted by Gasteiger charge is 2.35. The standard InChI is InChI=1S/C11H23BrN2O2S/c1-4-14(5-2)17(15,16)13(3)11-9-7-6-8-10(11)12/h10-11H,4-9H2,1-3H3. The summed E-state index contributed by atoms with van der Waals surface area (Å²) in [5.74, 6) is 0. The van der Waals surface area contributed by atoms with Crippen molar-refractivity contribution in [2.24, 2.45) is 0 Å². The number of halogens is 1. The lowest BCUT2D eigenvalue weighted by atomic mass is 9.96. The van der Waals surface area contributed by atoms with Gasteiger partial charge in [0.1, 0.15) is 0 Å². The minimum atomic E-state index is -3.30. The Labute approximate surface area is 114 Å². The molecule has 102 valence electrons. The number of rotatable bonds is 5. The third-order valence-corrected chi connectivity index (χ3v) is 6.75. The molecule has 0 saturated heterocycles. The van der Waals surface area contributed by atoms with Gasteiger partial charge in [-0.05, 0) is 12.8 Å². The van der Waals surface area contributed by atoms with Gasteiger partial charge in [-0.3, -0.25) is 0 Å². The van der Waals surface area contributed by atoms with E-state index in [9.17, 15) is 8.42 Å². The van der Waals surface area contributed by atoms with Crippen LogP contribution in [0.3, 0.4) is 0 Å². The summed E-state index contributed by atoms with van der Waals surface area (Å²) in [5.41, 5.74) is 0. The van der Waals surface area contributed by atoms with Crippen molar-refractivity contribution in [2.45, 2.75) is 50.4 Å². The summed E-state index contributed by atoms with van der Waals surface area (Å²) < 4.78 is 27.8. The molecule has 1 aliphatic rings. The Balaban J connectivity index is 2.83. The molecular formula is C11H23BrN2O2S. The van der Waals surface area contributed by atoms with Crippen molar-refractivity contribution < 1.29 is 8.42 Å². The fraction of sp³-hybridized carbons (Fsp3) is 1.00. The molecular weight excluding hydrogens is 304 g/mol. The van der Waals surface area contributed by atoms with E-state index < -0.39 is 10.2 Å². The Morgan fingerprint density at radius 1 is 1.18 bits per heavy atom. The van der Waals surface area contributed by atoms with Crippen LogP contribution in [0, 0.1) is 0 Å². The molecule has 0 bridgehead atoms. The van der Waals surface area contributed by atoms with Crippen LogP contribution in [-0.2, 0) is 10.2 Å². The monoisotopic (exact) mass is 326 g/mol. The van der Waals surface area contributed by atoms with Crippen molar-refractivity contribution in [1.82, 2.24) is 8.61 Å². The third-order valence-electron chi connectivity index (χ3n) is 3.51. The molecule has 1 saturated carbocycles. The predicted octanol–water partition coefficient (Wildman–Crippen LogP) is 2.21. The SMILES string of the molecule is CCN(CC)S(=O)(=O)N(C)C1CCCCC1Br. The Morgan fingerprint density at radius 2 is 1.71 bits per heavy atom. The van der Waals surface area contributed by atoms with Crippen LogP contribution >= 0.6 is 15.9 Å². The molecule has 1 aliphatic carbocycles. The van der Waals surface area contributed by atoms with E-state index in [0.29, 0.717) is 13.1 Å². The second-order valence-corrected chi connectivity index (χ2v) is 7.64. The van der Waals surface area contributed by atoms with Crippen LogP contribution < -0.4 is 0 Å². The van der Waals surface area contributed by atoms with Gasteiger partial charge in [0.05, 0.1) is 0 Å². The van der Waals surface area contributed by atoms with Crippen molar-refractivity contribution in [2.75, 3.05) is 20.1 Å². The minimum absolute atomic E-state index is 0.0920. The van der Waals surface area contributed by atoms with Gasteiger partial charge in [0, 0.05) is 31.0 Å². The molecule has 4 nitrogen and oxygen atoms in total. The van der Waals surface area contributed by atoms with E-state index in [-0.39, 0.29) is 10.9 Å². The van der Waals surface area contributed by atoms with Gasteiger partial charge in [0.15, 0.2) is 0 Å². The Morgan fingerprint density at radius 3 is 2.18 bits per heavy atom. The summed E-state index contributed by atoms with van der Waals surface area (Å²) in [5, 5.41) is 0. The van der Waals surface area contributed by atoms with E-state index in [1.807, 2.05) is 13.8 Å². The van der Waals surface area contributed by atoms with E-state index >= 15 is 0 Å². The van der Waals surface area contributed by atoms with Crippen LogP contribution in [0.5, 0.6) is 0 Å². The van der Waals surface area contributed by atoms with Gasteiger partial charge in [0.25, 0.3) is 10.2 Å². The lowest BCUT2D eigenvalue weighted by Crippen LogP contribution is -2.50. The van der Waals surface area contributed by atoms with Crippen LogP contribution in [0.15, 0.2) is 0 Å². The van der Waals surface area contributed by atoms with Gasteiger partial charge in [-0.1, -0.05) is 42.6 Å². The first kappa shape index (κ1) is 15.4. The third kappa shape index (κ3) is 3.43. The topological polar surface area (TPSA) is 40.6 Å². The predicted molar refractivity (Wildman–Crippen MR) is 74.6 cm³/mol. The fourth-order valence-electron chi connectivity index (χ4n) is 2.38. The molecule has 0 amide bonds. The molecule has 0 radical (unpaired) electrons. The van der Waals surface area contributed by atoms with Gasteiger partial charge in [-0.2, -0.15) is 17.0 Å². The van der Waals surface area contributed by atoms with E-state index in [2.05, 4.69) is 15.9 Å². The van der Waals surface area contributed by atoms with E-state index in [4.69, 9.17) is 0 Å². The number of alkyl halides is 1. The van der Waals surface area contributed by atoms with Crippen LogP contribution in [0.25, 0.3) is 0 Å². The summed E-state index contributed by atoms with van der Waals surface area (Å²) in [6, 6.07) is 0.0920. The fourth-order valence-corrected chi connectivity index (χ4v) is 5.09. The summed E-state index contributed by atoms with van der Waals surface area (Å²) in [4.78, 5) is 0.284. The Kier molecular flexibility index (Phi) is 5.89. The molecule has 0 spiro atoms. The Hall–Kier alpha value is 0.350. The number of hydrogen-bond donors (Lipinski definition) is 0. The lowest BCUT2D eigenvalue weighted by Gasteiger charge is -2.36. The molecule has 0 heterocycles. The van der Waals surface area contributed by atoms with Crippen molar-refractivity contribution in [3.05, 3.63) is 0 Å². The lowest BCUT2D eigenvalue weighted by molar-refractivity contribution is 0.275. The summed E-state index contributed by atoms with van der Waals surface area (Å²) in [6.07, 6.45) is 4.31. The highest BCUT2D eigenvalue weighted by Crippen LogP contribution is 2.29. The second-order valence-electron chi connectivity index (χ2n) is 4.48. The average Bonchev–Trinajstić information content (AvgIpc) is 2.30. The first-order valence-electron chi connectivity index (χ1n) is 6.32. The van der Waals surface area contributed by atoms with Gasteiger partial charge < -0.3 is 0 Å². The zero-order valence-corrected chi connectivity index (χ0v) is 13.3. The maximum Gasteiger partial charge on any atom is 0.281 e. The summed E-state index contributed by atoms with van der Waals surface area (Å²) >= 11 is 3.62. The van der Waals surface area contributed by atoms with Crippen LogP contribution in [0.1, 0.15) is 39.5 Å². The van der Waals surface area contributed by atoms with E-state index in [0.717, 1.165) is 19.3 Å². The molecule has 6 heteroatoms. The molecule has 0 aromatic rings. The molecule has 1 fully saturated rings. The summed E-state index contributed by atoms with van der Waals surface area (Å²) in [6.45, 7) is 4.81. The Bertz CT molecular complexity index is 330. The van der Waals surface area contributed by atoms with Gasteiger partial charge >= 0.3 is 0 Å². The number of nitrogens with zero attached hydrogens (tertiary/aromatic N) is 2. The van der Waals surface area contributed by atoms with Crippen LogP contribution in [-0.4, -0.2) is 48.0 Å². The average molecular weight is 327 g/mol. The normalized spacial score (nSPS) is 26.7. The van der Waals surface area contributed by atoms with Crippen LogP contribution in [0.2, 0.25) is 0 Å². The molecule has 0 aliphatic heterocycles. The molecule has 2 unspecified atom stereocenters. The minimum Gasteiger partial charge on any atom is -0.195 e. The molecule has 1 rings (SSSR count). The van der Waals surface area contributed by atoms with Gasteiger partial charge in [-0.25, -0.2) is 0 Å². The molecule has 2 atom stereocenters. The zero-order chi connectivity index (χ0) is 13.1. The maximum absolute atomic E-state index is 12.4. The summed E-state index contributed by atoms with van der Waals surface area (Å²) in [7, 11) is -1.59. The first-order valence-corrected chi connectivity index (χ1v) is 8.63. The van der Waals surface area contributed by atoms with Crippen molar-refractivity contribution >= 4 is 26.1 Å². The van der Waals surface area contributed by atoms with Crippen LogP contribution in [0.4, 0.5) is 0 Å². The van der Waals surface area contributed by atoms with Crippen molar-refractivity contribution in [3.8, 4) is 0 Å². The molecule has 0 aromatic carbocycles. The molecule has 0 N–H and O–H groups in total. The molecule has 0 aromatic heterocycles. The highest BCUT2D eigenvalue weighted by molar-refractivity contribution is 9.09. The number of hydrogen-bond acceptors (Lipinski definition) is 2. The zero-order valence-electron chi connectivity index (χ0n) is 10.9. The second kappa shape index (κ2) is 6.50. The highest BCUT2D eigenvalue weighted by atomic mass is 79.9. The van der Waals surface area contributed by atoms with Crippen molar-refractivity contribution in [3.63, 3.8) is 0 Å².